The highest BCUT2D eigenvalue weighted by molar-refractivity contribution is 5.55. The van der Waals surface area contributed by atoms with Crippen molar-refractivity contribution in [3.05, 3.63) is 29.3 Å². The summed E-state index contributed by atoms with van der Waals surface area (Å²) in [6.45, 7) is 9.53. The van der Waals surface area contributed by atoms with E-state index >= 15 is 0 Å². The Morgan fingerprint density at radius 2 is 2.16 bits per heavy atom. The molecule has 2 unspecified atom stereocenters. The first-order chi connectivity index (χ1) is 9.10. The molecule has 102 valence electrons. The largest absolute Gasteiger partial charge is 0.369 e. The highest BCUT2D eigenvalue weighted by Gasteiger charge is 2.22. The number of rotatable bonds is 2. The van der Waals surface area contributed by atoms with E-state index in [0.717, 1.165) is 19.6 Å². The summed E-state index contributed by atoms with van der Waals surface area (Å²) in [5.74, 6) is 0.601. The zero-order chi connectivity index (χ0) is 13.8. The van der Waals surface area contributed by atoms with Crippen molar-refractivity contribution >= 4 is 5.69 Å². The van der Waals surface area contributed by atoms with Gasteiger partial charge in [0, 0.05) is 24.8 Å². The van der Waals surface area contributed by atoms with Crippen LogP contribution in [-0.4, -0.2) is 25.7 Å². The topological polar surface area (TPSA) is 39.1 Å². The molecule has 1 heterocycles. The number of nitrogens with one attached hydrogen (secondary N) is 1. The average molecular weight is 257 g/mol. The monoisotopic (exact) mass is 257 g/mol. The fraction of sp³-hybridized carbons (Fsp3) is 0.562. The molecule has 1 aromatic carbocycles. The van der Waals surface area contributed by atoms with Gasteiger partial charge in [-0.15, -0.1) is 0 Å². The molecule has 0 radical (unpaired) electrons. The lowest BCUT2D eigenvalue weighted by molar-refractivity contribution is 0.509. The minimum atomic E-state index is 0.273. The molecule has 0 spiro atoms. The van der Waals surface area contributed by atoms with Gasteiger partial charge in [-0.2, -0.15) is 5.26 Å². The third kappa shape index (κ3) is 3.48. The summed E-state index contributed by atoms with van der Waals surface area (Å²) in [6.07, 6.45) is 0.577. The van der Waals surface area contributed by atoms with Crippen LogP contribution >= 0.6 is 0 Å². The van der Waals surface area contributed by atoms with Crippen LogP contribution in [0.1, 0.15) is 24.5 Å². The van der Waals surface area contributed by atoms with Gasteiger partial charge < -0.3 is 10.2 Å². The van der Waals surface area contributed by atoms with Crippen LogP contribution in [0.4, 0.5) is 5.69 Å². The van der Waals surface area contributed by atoms with Gasteiger partial charge in [0.25, 0.3) is 0 Å². The third-order valence-electron chi connectivity index (χ3n) is 3.77. The summed E-state index contributed by atoms with van der Waals surface area (Å²) < 4.78 is 0. The van der Waals surface area contributed by atoms with E-state index in [1.165, 1.54) is 16.8 Å². The maximum Gasteiger partial charge on any atom is 0.0638 e. The molecular formula is C16H23N3. The van der Waals surface area contributed by atoms with Gasteiger partial charge in [0.05, 0.1) is 12.5 Å². The van der Waals surface area contributed by atoms with Crippen molar-refractivity contribution in [2.24, 2.45) is 5.92 Å². The molecule has 0 aliphatic carbocycles. The molecule has 0 aromatic heterocycles. The Bertz CT molecular complexity index is 475. The fourth-order valence-electron chi connectivity index (χ4n) is 2.72. The van der Waals surface area contributed by atoms with E-state index in [9.17, 15) is 0 Å². The molecule has 3 nitrogen and oxygen atoms in total. The van der Waals surface area contributed by atoms with E-state index in [1.54, 1.807) is 0 Å². The van der Waals surface area contributed by atoms with Gasteiger partial charge in [0.15, 0.2) is 0 Å². The van der Waals surface area contributed by atoms with Gasteiger partial charge in [-0.05, 0) is 43.5 Å². The second kappa shape index (κ2) is 6.08. The Morgan fingerprint density at radius 3 is 2.89 bits per heavy atom. The molecule has 3 heteroatoms. The highest BCUT2D eigenvalue weighted by Crippen LogP contribution is 2.24. The van der Waals surface area contributed by atoms with Crippen LogP contribution in [0.3, 0.4) is 0 Å². The number of aryl methyl sites for hydroxylation is 2. The van der Waals surface area contributed by atoms with Gasteiger partial charge in [-0.3, -0.25) is 0 Å². The number of nitrogens with zero attached hydrogens (tertiary/aromatic N) is 2. The van der Waals surface area contributed by atoms with Crippen LogP contribution in [0.25, 0.3) is 0 Å². The van der Waals surface area contributed by atoms with E-state index in [4.69, 9.17) is 5.26 Å². The highest BCUT2D eigenvalue weighted by atomic mass is 15.2. The number of benzene rings is 1. The van der Waals surface area contributed by atoms with Crippen LogP contribution in [0.5, 0.6) is 0 Å². The Morgan fingerprint density at radius 1 is 1.37 bits per heavy atom. The first-order valence-corrected chi connectivity index (χ1v) is 7.02. The van der Waals surface area contributed by atoms with E-state index < -0.39 is 0 Å². The molecule has 19 heavy (non-hydrogen) atoms. The first kappa shape index (κ1) is 13.9. The van der Waals surface area contributed by atoms with E-state index in [2.05, 4.69) is 55.3 Å². The lowest BCUT2D eigenvalue weighted by Gasteiger charge is -2.28. The van der Waals surface area contributed by atoms with Gasteiger partial charge >= 0.3 is 0 Å². The van der Waals surface area contributed by atoms with Gasteiger partial charge in [0.1, 0.15) is 0 Å². The number of hydrogen-bond donors (Lipinski definition) is 1. The first-order valence-electron chi connectivity index (χ1n) is 7.02. The van der Waals surface area contributed by atoms with Crippen molar-refractivity contribution in [3.63, 3.8) is 0 Å². The molecule has 1 saturated heterocycles. The summed E-state index contributed by atoms with van der Waals surface area (Å²) >= 11 is 0. The molecule has 2 rings (SSSR count). The quantitative estimate of drug-likeness (QED) is 0.885. The SMILES string of the molecule is Cc1ccc(C)c(N2CC(C)CNC(CC#N)C2)c1. The van der Waals surface area contributed by atoms with E-state index in [-0.39, 0.29) is 6.04 Å². The van der Waals surface area contributed by atoms with Crippen molar-refractivity contribution < 1.29 is 0 Å². The third-order valence-corrected chi connectivity index (χ3v) is 3.77. The zero-order valence-electron chi connectivity index (χ0n) is 12.1. The molecule has 1 aliphatic rings. The van der Waals surface area contributed by atoms with Gasteiger partial charge in [-0.1, -0.05) is 19.1 Å². The smallest absolute Gasteiger partial charge is 0.0638 e. The summed E-state index contributed by atoms with van der Waals surface area (Å²) in [5.41, 5.74) is 3.93. The molecule has 2 atom stereocenters. The Hall–Kier alpha value is -1.53. The predicted octanol–water partition coefficient (Wildman–Crippen LogP) is 2.63. The van der Waals surface area contributed by atoms with Gasteiger partial charge in [-0.25, -0.2) is 0 Å². The molecule has 0 bridgehead atoms. The minimum Gasteiger partial charge on any atom is -0.369 e. The Kier molecular flexibility index (Phi) is 4.44. The molecule has 0 saturated carbocycles. The standard InChI is InChI=1S/C16H23N3/c1-12-4-5-14(3)16(8-12)19-10-13(2)9-18-15(11-19)6-7-17/h4-5,8,13,15,18H,6,9-11H2,1-3H3. The maximum absolute atomic E-state index is 8.92. The summed E-state index contributed by atoms with van der Waals surface area (Å²) in [5, 5.41) is 12.4. The van der Waals surface area contributed by atoms with Crippen LogP contribution in [-0.2, 0) is 0 Å². The zero-order valence-corrected chi connectivity index (χ0v) is 12.1. The summed E-state index contributed by atoms with van der Waals surface area (Å²) in [7, 11) is 0. The Labute approximate surface area is 116 Å². The summed E-state index contributed by atoms with van der Waals surface area (Å²) in [6, 6.07) is 9.17. The second-order valence-electron chi connectivity index (χ2n) is 5.77. The van der Waals surface area contributed by atoms with Crippen molar-refractivity contribution in [1.82, 2.24) is 5.32 Å². The van der Waals surface area contributed by atoms with Crippen molar-refractivity contribution in [2.45, 2.75) is 33.2 Å². The van der Waals surface area contributed by atoms with Crippen LogP contribution < -0.4 is 10.2 Å². The lowest BCUT2D eigenvalue weighted by atomic mass is 10.1. The second-order valence-corrected chi connectivity index (χ2v) is 5.77. The molecule has 1 fully saturated rings. The van der Waals surface area contributed by atoms with Crippen molar-refractivity contribution in [3.8, 4) is 6.07 Å². The molecule has 1 aliphatic heterocycles. The number of nitriles is 1. The minimum absolute atomic E-state index is 0.273. The predicted molar refractivity (Wildman–Crippen MR) is 79.3 cm³/mol. The molecule has 1 N–H and O–H groups in total. The Balaban J connectivity index is 2.25. The lowest BCUT2D eigenvalue weighted by Crippen LogP contribution is -2.37. The fourth-order valence-corrected chi connectivity index (χ4v) is 2.72. The van der Waals surface area contributed by atoms with Crippen LogP contribution in [0, 0.1) is 31.1 Å². The molecule has 1 aromatic rings. The number of hydrogen-bond acceptors (Lipinski definition) is 3. The van der Waals surface area contributed by atoms with Crippen molar-refractivity contribution in [1.29, 1.82) is 5.26 Å². The van der Waals surface area contributed by atoms with Gasteiger partial charge in [0.2, 0.25) is 0 Å². The van der Waals surface area contributed by atoms with E-state index in [0.29, 0.717) is 12.3 Å². The van der Waals surface area contributed by atoms with Crippen LogP contribution in [0.2, 0.25) is 0 Å². The molecule has 0 amide bonds. The van der Waals surface area contributed by atoms with Crippen LogP contribution in [0.15, 0.2) is 18.2 Å². The van der Waals surface area contributed by atoms with E-state index in [1.807, 2.05) is 0 Å². The molecular weight excluding hydrogens is 234 g/mol. The summed E-state index contributed by atoms with van der Waals surface area (Å²) in [4.78, 5) is 2.44. The average Bonchev–Trinajstić information content (AvgIpc) is 2.55. The maximum atomic E-state index is 8.92. The number of anilines is 1. The van der Waals surface area contributed by atoms with Crippen molar-refractivity contribution in [2.75, 3.05) is 24.5 Å². The normalized spacial score (nSPS) is 23.8.